The standard InChI is InChI=1S/C17H28N2O4/c1-6-18(16(21)23-17(3,4)5)9-7-8-14(2)15(20)19-10-12-22-13-11-19/h7-8H,2,6,9-13H2,1,3-5H3. The number of nitrogens with zero attached hydrogens (tertiary/aromatic N) is 2. The molecule has 0 aromatic rings. The van der Waals surface area contributed by atoms with Crippen molar-refractivity contribution >= 4 is 12.0 Å². The number of ether oxygens (including phenoxy) is 2. The fourth-order valence-electron chi connectivity index (χ4n) is 2.02. The Hall–Kier alpha value is -1.82. The highest BCUT2D eigenvalue weighted by Gasteiger charge is 2.21. The molecule has 0 N–H and O–H groups in total. The summed E-state index contributed by atoms with van der Waals surface area (Å²) < 4.78 is 10.6. The summed E-state index contributed by atoms with van der Waals surface area (Å²) in [7, 11) is 0. The second kappa shape index (κ2) is 8.72. The van der Waals surface area contributed by atoms with E-state index in [9.17, 15) is 9.59 Å². The van der Waals surface area contributed by atoms with Gasteiger partial charge in [-0.2, -0.15) is 0 Å². The molecule has 0 bridgehead atoms. The highest BCUT2D eigenvalue weighted by molar-refractivity contribution is 5.95. The van der Waals surface area contributed by atoms with Crippen LogP contribution in [0.4, 0.5) is 4.79 Å². The van der Waals surface area contributed by atoms with Crippen LogP contribution in [0.3, 0.4) is 0 Å². The van der Waals surface area contributed by atoms with Crippen LogP contribution in [0.15, 0.2) is 24.3 Å². The second-order valence-corrected chi connectivity index (χ2v) is 6.35. The highest BCUT2D eigenvalue weighted by Crippen LogP contribution is 2.10. The maximum atomic E-state index is 12.2. The molecule has 1 aliphatic heterocycles. The highest BCUT2D eigenvalue weighted by atomic mass is 16.6. The van der Waals surface area contributed by atoms with Crippen molar-refractivity contribution < 1.29 is 19.1 Å². The molecule has 0 atom stereocenters. The monoisotopic (exact) mass is 324 g/mol. The number of morpholine rings is 1. The largest absolute Gasteiger partial charge is 0.444 e. The first-order valence-electron chi connectivity index (χ1n) is 7.95. The average Bonchev–Trinajstić information content (AvgIpc) is 2.49. The first-order valence-corrected chi connectivity index (χ1v) is 7.95. The first kappa shape index (κ1) is 19.2. The van der Waals surface area contributed by atoms with Crippen molar-refractivity contribution in [3.05, 3.63) is 24.3 Å². The summed E-state index contributed by atoms with van der Waals surface area (Å²) in [5, 5.41) is 0. The zero-order valence-corrected chi connectivity index (χ0v) is 14.6. The van der Waals surface area contributed by atoms with E-state index in [2.05, 4.69) is 6.58 Å². The van der Waals surface area contributed by atoms with Gasteiger partial charge in [0.2, 0.25) is 0 Å². The molecule has 1 rings (SSSR count). The minimum atomic E-state index is -0.524. The zero-order valence-electron chi connectivity index (χ0n) is 14.6. The van der Waals surface area contributed by atoms with Gasteiger partial charge in [0, 0.05) is 31.8 Å². The van der Waals surface area contributed by atoms with Gasteiger partial charge in [-0.3, -0.25) is 4.79 Å². The summed E-state index contributed by atoms with van der Waals surface area (Å²) in [5.41, 5.74) is -0.114. The van der Waals surface area contributed by atoms with Gasteiger partial charge < -0.3 is 19.3 Å². The molecular formula is C17H28N2O4. The maximum Gasteiger partial charge on any atom is 0.410 e. The summed E-state index contributed by atoms with van der Waals surface area (Å²) in [6.45, 7) is 14.4. The Morgan fingerprint density at radius 3 is 2.43 bits per heavy atom. The summed E-state index contributed by atoms with van der Waals surface area (Å²) in [4.78, 5) is 27.5. The molecule has 0 spiro atoms. The maximum absolute atomic E-state index is 12.2. The fraction of sp³-hybridized carbons (Fsp3) is 0.647. The van der Waals surface area contributed by atoms with Crippen LogP contribution in [0.25, 0.3) is 0 Å². The molecule has 2 amide bonds. The van der Waals surface area contributed by atoms with Gasteiger partial charge in [0.25, 0.3) is 5.91 Å². The molecule has 0 radical (unpaired) electrons. The van der Waals surface area contributed by atoms with E-state index in [0.29, 0.717) is 45.0 Å². The van der Waals surface area contributed by atoms with Gasteiger partial charge in [0.1, 0.15) is 5.60 Å². The SMILES string of the molecule is C=C(C=CCN(CC)C(=O)OC(C)(C)C)C(=O)N1CCOCC1. The number of likely N-dealkylation sites (N-methyl/N-ethyl adjacent to an activating group) is 1. The first-order chi connectivity index (χ1) is 10.7. The Bertz CT molecular complexity index is 460. The van der Waals surface area contributed by atoms with Crippen molar-refractivity contribution in [1.82, 2.24) is 9.80 Å². The van der Waals surface area contributed by atoms with Gasteiger partial charge in [-0.05, 0) is 27.7 Å². The van der Waals surface area contributed by atoms with Crippen molar-refractivity contribution in [1.29, 1.82) is 0 Å². The van der Waals surface area contributed by atoms with E-state index in [4.69, 9.17) is 9.47 Å². The fourth-order valence-corrected chi connectivity index (χ4v) is 2.02. The van der Waals surface area contributed by atoms with Gasteiger partial charge in [-0.15, -0.1) is 0 Å². The normalized spacial score (nSPS) is 15.6. The van der Waals surface area contributed by atoms with Crippen LogP contribution in [-0.2, 0) is 14.3 Å². The second-order valence-electron chi connectivity index (χ2n) is 6.35. The van der Waals surface area contributed by atoms with Crippen molar-refractivity contribution in [3.63, 3.8) is 0 Å². The third kappa shape index (κ3) is 6.86. The molecule has 1 saturated heterocycles. The summed E-state index contributed by atoms with van der Waals surface area (Å²) in [5.74, 6) is -0.0927. The van der Waals surface area contributed by atoms with E-state index in [1.165, 1.54) is 0 Å². The van der Waals surface area contributed by atoms with Crippen LogP contribution >= 0.6 is 0 Å². The van der Waals surface area contributed by atoms with Crippen LogP contribution < -0.4 is 0 Å². The smallest absolute Gasteiger partial charge is 0.410 e. The van der Waals surface area contributed by atoms with E-state index in [1.54, 1.807) is 22.0 Å². The number of hydrogen-bond acceptors (Lipinski definition) is 4. The minimum absolute atomic E-state index is 0.0927. The summed E-state index contributed by atoms with van der Waals surface area (Å²) >= 11 is 0. The molecule has 1 fully saturated rings. The third-order valence-corrected chi connectivity index (χ3v) is 3.25. The van der Waals surface area contributed by atoms with Gasteiger partial charge in [-0.25, -0.2) is 4.79 Å². The lowest BCUT2D eigenvalue weighted by Crippen LogP contribution is -2.41. The van der Waals surface area contributed by atoms with Gasteiger partial charge in [0.05, 0.1) is 13.2 Å². The molecule has 23 heavy (non-hydrogen) atoms. The minimum Gasteiger partial charge on any atom is -0.444 e. The van der Waals surface area contributed by atoms with Crippen LogP contribution in [0.2, 0.25) is 0 Å². The quantitative estimate of drug-likeness (QED) is 0.575. The molecule has 1 heterocycles. The van der Waals surface area contributed by atoms with Crippen LogP contribution in [0.1, 0.15) is 27.7 Å². The number of rotatable bonds is 5. The Labute approximate surface area is 138 Å². The molecule has 0 aromatic carbocycles. The zero-order chi connectivity index (χ0) is 17.5. The summed E-state index contributed by atoms with van der Waals surface area (Å²) in [6, 6.07) is 0. The lowest BCUT2D eigenvalue weighted by molar-refractivity contribution is -0.130. The van der Waals surface area contributed by atoms with E-state index in [-0.39, 0.29) is 12.0 Å². The molecule has 0 unspecified atom stereocenters. The van der Waals surface area contributed by atoms with E-state index >= 15 is 0 Å². The molecule has 1 aliphatic rings. The third-order valence-electron chi connectivity index (χ3n) is 3.25. The van der Waals surface area contributed by atoms with Crippen molar-refractivity contribution in [3.8, 4) is 0 Å². The predicted molar refractivity (Wildman–Crippen MR) is 89.2 cm³/mol. The number of amides is 2. The van der Waals surface area contributed by atoms with Crippen LogP contribution in [-0.4, -0.2) is 66.8 Å². The molecule has 0 aliphatic carbocycles. The van der Waals surface area contributed by atoms with Crippen LogP contribution in [0, 0.1) is 0 Å². The Kier molecular flexibility index (Phi) is 7.29. The number of hydrogen-bond donors (Lipinski definition) is 0. The van der Waals surface area contributed by atoms with Gasteiger partial charge in [-0.1, -0.05) is 18.7 Å². The van der Waals surface area contributed by atoms with E-state index in [1.807, 2.05) is 27.7 Å². The van der Waals surface area contributed by atoms with E-state index < -0.39 is 5.60 Å². The topological polar surface area (TPSA) is 59.1 Å². The van der Waals surface area contributed by atoms with Crippen molar-refractivity contribution in [2.45, 2.75) is 33.3 Å². The van der Waals surface area contributed by atoms with Gasteiger partial charge >= 0.3 is 6.09 Å². The molecule has 6 nitrogen and oxygen atoms in total. The number of carbonyl (C=O) groups excluding carboxylic acids is 2. The lowest BCUT2D eigenvalue weighted by Gasteiger charge is -2.27. The molecule has 0 saturated carbocycles. The average molecular weight is 324 g/mol. The Morgan fingerprint density at radius 1 is 1.30 bits per heavy atom. The van der Waals surface area contributed by atoms with E-state index in [0.717, 1.165) is 0 Å². The Balaban J connectivity index is 2.50. The molecular weight excluding hydrogens is 296 g/mol. The van der Waals surface area contributed by atoms with Crippen molar-refractivity contribution in [2.24, 2.45) is 0 Å². The number of carbonyl (C=O) groups is 2. The Morgan fingerprint density at radius 2 is 1.91 bits per heavy atom. The van der Waals surface area contributed by atoms with Crippen molar-refractivity contribution in [2.75, 3.05) is 39.4 Å². The summed E-state index contributed by atoms with van der Waals surface area (Å²) in [6.07, 6.45) is 3.05. The molecule has 0 aromatic heterocycles. The van der Waals surface area contributed by atoms with Gasteiger partial charge in [0.15, 0.2) is 0 Å². The molecule has 130 valence electrons. The lowest BCUT2D eigenvalue weighted by atomic mass is 10.2. The predicted octanol–water partition coefficient (Wildman–Crippen LogP) is 2.21. The van der Waals surface area contributed by atoms with Crippen LogP contribution in [0.5, 0.6) is 0 Å². The molecule has 6 heteroatoms.